The second kappa shape index (κ2) is 3.78. The maximum absolute atomic E-state index is 5.83. The molecule has 0 aliphatic carbocycles. The molecule has 3 unspecified atom stereocenters. The quantitative estimate of drug-likeness (QED) is 0.842. The highest BCUT2D eigenvalue weighted by atomic mass is 16.5. The zero-order valence-electron chi connectivity index (χ0n) is 9.76. The minimum Gasteiger partial charge on any atom is -0.374 e. The Balaban J connectivity index is 1.47. The summed E-state index contributed by atoms with van der Waals surface area (Å²) in [6.07, 6.45) is 5.15. The lowest BCUT2D eigenvalue weighted by atomic mass is 9.89. The van der Waals surface area contributed by atoms with Gasteiger partial charge in [0.15, 0.2) is 5.82 Å². The SMILES string of the molecule is C1NCC1Cc1nc(C2CC3CCC2O3)no1. The number of fused-ring (bicyclic) bond motifs is 2. The fourth-order valence-corrected chi connectivity index (χ4v) is 3.15. The molecule has 92 valence electrons. The molecule has 3 fully saturated rings. The van der Waals surface area contributed by atoms with Gasteiger partial charge in [0.1, 0.15) is 0 Å². The Morgan fingerprint density at radius 3 is 2.88 bits per heavy atom. The van der Waals surface area contributed by atoms with E-state index in [0.717, 1.165) is 44.1 Å². The van der Waals surface area contributed by atoms with E-state index in [9.17, 15) is 0 Å². The van der Waals surface area contributed by atoms with E-state index in [2.05, 4.69) is 15.5 Å². The van der Waals surface area contributed by atoms with Gasteiger partial charge in [-0.15, -0.1) is 0 Å². The van der Waals surface area contributed by atoms with Crippen molar-refractivity contribution in [1.82, 2.24) is 15.5 Å². The first-order chi connectivity index (χ1) is 8.38. The van der Waals surface area contributed by atoms with E-state index in [0.29, 0.717) is 24.0 Å². The molecule has 5 heteroatoms. The van der Waals surface area contributed by atoms with Crippen molar-refractivity contribution in [3.05, 3.63) is 11.7 Å². The van der Waals surface area contributed by atoms with Gasteiger partial charge in [-0.25, -0.2) is 0 Å². The third-order valence-corrected chi connectivity index (χ3v) is 4.25. The Kier molecular flexibility index (Phi) is 2.23. The van der Waals surface area contributed by atoms with Gasteiger partial charge < -0.3 is 14.6 Å². The van der Waals surface area contributed by atoms with Crippen LogP contribution in [0.15, 0.2) is 4.52 Å². The zero-order chi connectivity index (χ0) is 11.2. The molecule has 3 aliphatic heterocycles. The van der Waals surface area contributed by atoms with Gasteiger partial charge in [-0.1, -0.05) is 5.16 Å². The van der Waals surface area contributed by atoms with Crippen molar-refractivity contribution in [3.8, 4) is 0 Å². The molecular weight excluding hydrogens is 218 g/mol. The first-order valence-electron chi connectivity index (χ1n) is 6.57. The summed E-state index contributed by atoms with van der Waals surface area (Å²) in [6, 6.07) is 0. The van der Waals surface area contributed by atoms with Gasteiger partial charge in [0.2, 0.25) is 5.89 Å². The number of nitrogens with one attached hydrogen (secondary N) is 1. The summed E-state index contributed by atoms with van der Waals surface area (Å²) in [6.45, 7) is 2.16. The molecule has 3 aliphatic rings. The molecule has 4 rings (SSSR count). The molecule has 0 saturated carbocycles. The van der Waals surface area contributed by atoms with Crippen molar-refractivity contribution in [3.63, 3.8) is 0 Å². The van der Waals surface area contributed by atoms with Crippen LogP contribution in [0, 0.1) is 5.92 Å². The van der Waals surface area contributed by atoms with Gasteiger partial charge in [-0.05, 0) is 38.3 Å². The normalized spacial score (nSPS) is 36.4. The molecule has 1 aromatic heterocycles. The van der Waals surface area contributed by atoms with Crippen LogP contribution in [-0.2, 0) is 11.2 Å². The fourth-order valence-electron chi connectivity index (χ4n) is 3.15. The molecule has 4 heterocycles. The predicted molar refractivity (Wildman–Crippen MR) is 59.6 cm³/mol. The van der Waals surface area contributed by atoms with Crippen LogP contribution in [0.25, 0.3) is 0 Å². The summed E-state index contributed by atoms with van der Waals surface area (Å²) in [5.41, 5.74) is 0. The minimum absolute atomic E-state index is 0.343. The number of hydrogen-bond acceptors (Lipinski definition) is 5. The van der Waals surface area contributed by atoms with Gasteiger partial charge >= 0.3 is 0 Å². The smallest absolute Gasteiger partial charge is 0.227 e. The third kappa shape index (κ3) is 1.68. The van der Waals surface area contributed by atoms with Crippen molar-refractivity contribution < 1.29 is 9.26 Å². The van der Waals surface area contributed by atoms with Gasteiger partial charge in [-0.3, -0.25) is 0 Å². The van der Waals surface area contributed by atoms with Crippen LogP contribution in [0.2, 0.25) is 0 Å². The maximum Gasteiger partial charge on any atom is 0.227 e. The summed E-state index contributed by atoms with van der Waals surface area (Å²) in [7, 11) is 0. The van der Waals surface area contributed by atoms with Crippen LogP contribution in [0.3, 0.4) is 0 Å². The summed E-state index contributed by atoms with van der Waals surface area (Å²) in [4.78, 5) is 4.55. The van der Waals surface area contributed by atoms with Crippen molar-refractivity contribution in [2.24, 2.45) is 5.92 Å². The zero-order valence-corrected chi connectivity index (χ0v) is 9.76. The van der Waals surface area contributed by atoms with E-state index >= 15 is 0 Å². The second-order valence-corrected chi connectivity index (χ2v) is 5.49. The van der Waals surface area contributed by atoms with Crippen molar-refractivity contribution in [2.45, 2.75) is 43.8 Å². The molecule has 3 atom stereocenters. The van der Waals surface area contributed by atoms with Crippen LogP contribution in [0.1, 0.15) is 36.9 Å². The van der Waals surface area contributed by atoms with E-state index < -0.39 is 0 Å². The van der Waals surface area contributed by atoms with Crippen molar-refractivity contribution >= 4 is 0 Å². The average molecular weight is 235 g/mol. The second-order valence-electron chi connectivity index (χ2n) is 5.49. The van der Waals surface area contributed by atoms with Crippen LogP contribution >= 0.6 is 0 Å². The number of aromatic nitrogens is 2. The van der Waals surface area contributed by atoms with Crippen LogP contribution in [0.4, 0.5) is 0 Å². The molecule has 5 nitrogen and oxygen atoms in total. The Labute approximate surface area is 99.9 Å². The molecule has 0 amide bonds. The Morgan fingerprint density at radius 1 is 1.29 bits per heavy atom. The molecule has 0 radical (unpaired) electrons. The number of rotatable bonds is 3. The van der Waals surface area contributed by atoms with E-state index in [4.69, 9.17) is 9.26 Å². The highest BCUT2D eigenvalue weighted by Crippen LogP contribution is 2.43. The first kappa shape index (κ1) is 10.0. The molecule has 1 N–H and O–H groups in total. The lowest BCUT2D eigenvalue weighted by Gasteiger charge is -2.25. The average Bonchev–Trinajstić information content (AvgIpc) is 2.98. The number of ether oxygens (including phenoxy) is 1. The van der Waals surface area contributed by atoms with Gasteiger partial charge in [-0.2, -0.15) is 4.98 Å². The third-order valence-electron chi connectivity index (χ3n) is 4.25. The topological polar surface area (TPSA) is 60.2 Å². The molecule has 1 aromatic rings. The lowest BCUT2D eigenvalue weighted by molar-refractivity contribution is 0.0996. The summed E-state index contributed by atoms with van der Waals surface area (Å²) < 4.78 is 11.2. The summed E-state index contributed by atoms with van der Waals surface area (Å²) in [5, 5.41) is 7.40. The van der Waals surface area contributed by atoms with E-state index in [1.54, 1.807) is 0 Å². The molecule has 3 saturated heterocycles. The standard InChI is InChI=1S/C12H17N3O2/c1-2-10-9(4-8(1)16-10)12-14-11(17-15-12)3-7-5-13-6-7/h7-10,13H,1-6H2. The van der Waals surface area contributed by atoms with Gasteiger partial charge in [0, 0.05) is 6.42 Å². The summed E-state index contributed by atoms with van der Waals surface area (Å²) in [5.74, 6) is 2.74. The molecule has 0 aromatic carbocycles. The molecule has 2 bridgehead atoms. The Morgan fingerprint density at radius 2 is 2.24 bits per heavy atom. The Bertz CT molecular complexity index is 416. The molecule has 0 spiro atoms. The van der Waals surface area contributed by atoms with E-state index in [1.807, 2.05) is 0 Å². The predicted octanol–water partition coefficient (Wildman–Crippen LogP) is 0.866. The molecular formula is C12H17N3O2. The molecule has 17 heavy (non-hydrogen) atoms. The maximum atomic E-state index is 5.83. The van der Waals surface area contributed by atoms with Gasteiger partial charge in [0.25, 0.3) is 0 Å². The van der Waals surface area contributed by atoms with Crippen LogP contribution in [-0.4, -0.2) is 35.4 Å². The van der Waals surface area contributed by atoms with Crippen molar-refractivity contribution in [1.29, 1.82) is 0 Å². The van der Waals surface area contributed by atoms with E-state index in [1.165, 1.54) is 6.42 Å². The number of nitrogens with zero attached hydrogens (tertiary/aromatic N) is 2. The largest absolute Gasteiger partial charge is 0.374 e. The van der Waals surface area contributed by atoms with E-state index in [-0.39, 0.29) is 0 Å². The highest BCUT2D eigenvalue weighted by Gasteiger charge is 2.43. The lowest BCUT2D eigenvalue weighted by Crippen LogP contribution is -2.43. The number of hydrogen-bond donors (Lipinski definition) is 1. The van der Waals surface area contributed by atoms with Crippen LogP contribution < -0.4 is 5.32 Å². The van der Waals surface area contributed by atoms with Gasteiger partial charge in [0.05, 0.1) is 18.1 Å². The minimum atomic E-state index is 0.343. The first-order valence-corrected chi connectivity index (χ1v) is 6.57. The highest BCUT2D eigenvalue weighted by molar-refractivity contribution is 5.07. The Hall–Kier alpha value is -0.940. The summed E-state index contributed by atoms with van der Waals surface area (Å²) >= 11 is 0. The van der Waals surface area contributed by atoms with Crippen LogP contribution in [0.5, 0.6) is 0 Å². The monoisotopic (exact) mass is 235 g/mol. The van der Waals surface area contributed by atoms with Crippen molar-refractivity contribution in [2.75, 3.05) is 13.1 Å². The fraction of sp³-hybridized carbons (Fsp3) is 0.833.